The molecule has 2 aromatic carbocycles. The second-order valence-corrected chi connectivity index (χ2v) is 4.40. The zero-order valence-electron chi connectivity index (χ0n) is 10.1. The molecule has 0 aliphatic carbocycles. The van der Waals surface area contributed by atoms with Gasteiger partial charge >= 0.3 is 0 Å². The summed E-state index contributed by atoms with van der Waals surface area (Å²) >= 11 is 5.13. The first-order valence-corrected chi connectivity index (χ1v) is 6.17. The van der Waals surface area contributed by atoms with Gasteiger partial charge in [-0.3, -0.25) is 0 Å². The average Bonchev–Trinajstić information content (AvgIpc) is 2.41. The van der Waals surface area contributed by atoms with Gasteiger partial charge in [0.05, 0.1) is 5.69 Å². The van der Waals surface area contributed by atoms with Crippen molar-refractivity contribution in [1.82, 2.24) is 5.32 Å². The molecular weight excluding hydrogens is 260 g/mol. The lowest BCUT2D eigenvalue weighted by Gasteiger charge is -2.11. The molecule has 0 atom stereocenters. The standard InChI is InChI=1S/C14H14N2O2S/c17-11-6-7-12(13(18)8-11)16-14(19)15-9-10-4-2-1-3-5-10/h1-8,17-18H,9H2,(H2,15,16,19). The predicted molar refractivity (Wildman–Crippen MR) is 79.3 cm³/mol. The second-order valence-electron chi connectivity index (χ2n) is 3.99. The van der Waals surface area contributed by atoms with Crippen molar-refractivity contribution in [2.24, 2.45) is 0 Å². The molecule has 0 fully saturated rings. The van der Waals surface area contributed by atoms with Crippen LogP contribution in [-0.4, -0.2) is 15.3 Å². The van der Waals surface area contributed by atoms with E-state index >= 15 is 0 Å². The zero-order chi connectivity index (χ0) is 13.7. The Morgan fingerprint density at radius 2 is 1.79 bits per heavy atom. The molecule has 0 aliphatic rings. The largest absolute Gasteiger partial charge is 0.508 e. The van der Waals surface area contributed by atoms with Crippen LogP contribution in [0, 0.1) is 0 Å². The minimum atomic E-state index is -0.0520. The highest BCUT2D eigenvalue weighted by atomic mass is 32.1. The molecule has 2 rings (SSSR count). The van der Waals surface area contributed by atoms with Gasteiger partial charge in [-0.05, 0) is 29.9 Å². The van der Waals surface area contributed by atoms with Gasteiger partial charge in [0.2, 0.25) is 0 Å². The number of thiocarbonyl (C=S) groups is 1. The van der Waals surface area contributed by atoms with E-state index in [4.69, 9.17) is 12.2 Å². The van der Waals surface area contributed by atoms with Crippen molar-refractivity contribution < 1.29 is 10.2 Å². The summed E-state index contributed by atoms with van der Waals surface area (Å²) in [4.78, 5) is 0. The van der Waals surface area contributed by atoms with Crippen LogP contribution in [0.5, 0.6) is 11.5 Å². The second kappa shape index (κ2) is 6.06. The van der Waals surface area contributed by atoms with Gasteiger partial charge in [-0.1, -0.05) is 30.3 Å². The number of hydrogen-bond acceptors (Lipinski definition) is 3. The van der Waals surface area contributed by atoms with Gasteiger partial charge < -0.3 is 20.8 Å². The van der Waals surface area contributed by atoms with Crippen molar-refractivity contribution in [2.75, 3.05) is 5.32 Å². The highest BCUT2D eigenvalue weighted by Gasteiger charge is 2.04. The normalized spacial score (nSPS) is 9.89. The van der Waals surface area contributed by atoms with Crippen LogP contribution >= 0.6 is 12.2 Å². The summed E-state index contributed by atoms with van der Waals surface area (Å²) in [5.41, 5.74) is 1.56. The molecule has 5 heteroatoms. The molecule has 0 amide bonds. The topological polar surface area (TPSA) is 64.5 Å². The Bertz CT molecular complexity index is 573. The average molecular weight is 274 g/mol. The Morgan fingerprint density at radius 1 is 1.05 bits per heavy atom. The molecule has 19 heavy (non-hydrogen) atoms. The van der Waals surface area contributed by atoms with Crippen molar-refractivity contribution in [1.29, 1.82) is 0 Å². The highest BCUT2D eigenvalue weighted by molar-refractivity contribution is 7.80. The van der Waals surface area contributed by atoms with Crippen LogP contribution in [0.3, 0.4) is 0 Å². The number of phenolic OH excluding ortho intramolecular Hbond substituents is 2. The van der Waals surface area contributed by atoms with Crippen LogP contribution in [0.4, 0.5) is 5.69 Å². The quantitative estimate of drug-likeness (QED) is 0.394. The number of aromatic hydroxyl groups is 2. The van der Waals surface area contributed by atoms with Crippen LogP contribution in [0.2, 0.25) is 0 Å². The van der Waals surface area contributed by atoms with E-state index in [2.05, 4.69) is 10.6 Å². The molecular formula is C14H14N2O2S. The first-order chi connectivity index (χ1) is 9.15. The fourth-order valence-electron chi connectivity index (χ4n) is 1.57. The van der Waals surface area contributed by atoms with Gasteiger partial charge in [-0.15, -0.1) is 0 Å². The third kappa shape index (κ3) is 3.86. The van der Waals surface area contributed by atoms with Crippen molar-refractivity contribution in [2.45, 2.75) is 6.54 Å². The fraction of sp³-hybridized carbons (Fsp3) is 0.0714. The minimum absolute atomic E-state index is 0.00575. The van der Waals surface area contributed by atoms with Crippen molar-refractivity contribution in [3.05, 3.63) is 54.1 Å². The first kappa shape index (κ1) is 13.2. The summed E-state index contributed by atoms with van der Waals surface area (Å²) in [6.45, 7) is 0.603. The minimum Gasteiger partial charge on any atom is -0.508 e. The summed E-state index contributed by atoms with van der Waals surface area (Å²) in [5, 5.41) is 25.1. The van der Waals surface area contributed by atoms with Crippen molar-refractivity contribution in [3.8, 4) is 11.5 Å². The maximum Gasteiger partial charge on any atom is 0.171 e. The van der Waals surface area contributed by atoms with Crippen LogP contribution in [-0.2, 0) is 6.54 Å². The summed E-state index contributed by atoms with van der Waals surface area (Å²) in [6, 6.07) is 14.1. The molecule has 0 aliphatic heterocycles. The highest BCUT2D eigenvalue weighted by Crippen LogP contribution is 2.26. The number of hydrogen-bond donors (Lipinski definition) is 4. The van der Waals surface area contributed by atoms with Crippen LogP contribution < -0.4 is 10.6 Å². The molecule has 0 heterocycles. The Kier molecular flexibility index (Phi) is 4.20. The summed E-state index contributed by atoms with van der Waals surface area (Å²) in [6.07, 6.45) is 0. The van der Waals surface area contributed by atoms with Gasteiger partial charge in [0, 0.05) is 12.6 Å². The lowest BCUT2D eigenvalue weighted by Crippen LogP contribution is -2.27. The zero-order valence-corrected chi connectivity index (χ0v) is 10.9. The number of benzene rings is 2. The summed E-state index contributed by atoms with van der Waals surface area (Å²) in [7, 11) is 0. The molecule has 2 aromatic rings. The molecule has 0 aromatic heterocycles. The number of phenols is 2. The molecule has 0 radical (unpaired) electrons. The van der Waals surface area contributed by atoms with E-state index in [-0.39, 0.29) is 11.5 Å². The Labute approximate surface area is 116 Å². The van der Waals surface area contributed by atoms with E-state index in [0.29, 0.717) is 17.3 Å². The molecule has 98 valence electrons. The molecule has 4 nitrogen and oxygen atoms in total. The van der Waals surface area contributed by atoms with E-state index < -0.39 is 0 Å². The molecule has 0 bridgehead atoms. The van der Waals surface area contributed by atoms with Gasteiger partial charge in [-0.2, -0.15) is 0 Å². The first-order valence-electron chi connectivity index (χ1n) is 5.76. The molecule has 0 unspecified atom stereocenters. The maximum absolute atomic E-state index is 9.62. The third-order valence-corrected chi connectivity index (χ3v) is 2.77. The summed E-state index contributed by atoms with van der Waals surface area (Å²) in [5.74, 6) is -0.0462. The summed E-state index contributed by atoms with van der Waals surface area (Å²) < 4.78 is 0. The third-order valence-electron chi connectivity index (χ3n) is 2.53. The number of nitrogens with one attached hydrogen (secondary N) is 2. The SMILES string of the molecule is Oc1ccc(NC(=S)NCc2ccccc2)c(O)c1. The van der Waals surface area contributed by atoms with Crippen molar-refractivity contribution >= 4 is 23.0 Å². The van der Waals surface area contributed by atoms with Gasteiger partial charge in [-0.25, -0.2) is 0 Å². The smallest absolute Gasteiger partial charge is 0.171 e. The molecule has 0 saturated carbocycles. The van der Waals surface area contributed by atoms with Gasteiger partial charge in [0.25, 0.3) is 0 Å². The number of anilines is 1. The van der Waals surface area contributed by atoms with Crippen LogP contribution in [0.15, 0.2) is 48.5 Å². The van der Waals surface area contributed by atoms with E-state index in [1.54, 1.807) is 6.07 Å². The lowest BCUT2D eigenvalue weighted by molar-refractivity contribution is 0.452. The van der Waals surface area contributed by atoms with E-state index in [9.17, 15) is 10.2 Å². The van der Waals surface area contributed by atoms with Crippen LogP contribution in [0.1, 0.15) is 5.56 Å². The van der Waals surface area contributed by atoms with E-state index in [1.807, 2.05) is 30.3 Å². The van der Waals surface area contributed by atoms with Crippen molar-refractivity contribution in [3.63, 3.8) is 0 Å². The Morgan fingerprint density at radius 3 is 2.47 bits per heavy atom. The molecule has 0 saturated heterocycles. The fourth-order valence-corrected chi connectivity index (χ4v) is 1.75. The maximum atomic E-state index is 9.62. The van der Waals surface area contributed by atoms with Gasteiger partial charge in [0.1, 0.15) is 11.5 Å². The lowest BCUT2D eigenvalue weighted by atomic mass is 10.2. The van der Waals surface area contributed by atoms with E-state index in [0.717, 1.165) is 5.56 Å². The Hall–Kier alpha value is -2.27. The molecule has 0 spiro atoms. The monoisotopic (exact) mass is 274 g/mol. The van der Waals surface area contributed by atoms with Crippen LogP contribution in [0.25, 0.3) is 0 Å². The van der Waals surface area contributed by atoms with E-state index in [1.165, 1.54) is 12.1 Å². The predicted octanol–water partition coefficient (Wildman–Crippen LogP) is 2.58. The molecule has 4 N–H and O–H groups in total. The number of rotatable bonds is 3. The Balaban J connectivity index is 1.91. The van der Waals surface area contributed by atoms with Gasteiger partial charge in [0.15, 0.2) is 5.11 Å².